The SMILES string of the molecule is Cc1ccccc1-n1cc(N)c(-c2cccnc2)n1. The summed E-state index contributed by atoms with van der Waals surface area (Å²) in [6, 6.07) is 11.9. The summed E-state index contributed by atoms with van der Waals surface area (Å²) in [5.41, 5.74) is 10.6. The van der Waals surface area contributed by atoms with E-state index in [1.54, 1.807) is 12.4 Å². The van der Waals surface area contributed by atoms with Crippen molar-refractivity contribution < 1.29 is 0 Å². The Morgan fingerprint density at radius 3 is 2.68 bits per heavy atom. The van der Waals surface area contributed by atoms with E-state index in [0.717, 1.165) is 22.5 Å². The lowest BCUT2D eigenvalue weighted by Gasteiger charge is -2.04. The summed E-state index contributed by atoms with van der Waals surface area (Å²) < 4.78 is 1.81. The van der Waals surface area contributed by atoms with Gasteiger partial charge in [-0.25, -0.2) is 4.68 Å². The molecule has 3 aromatic rings. The molecule has 19 heavy (non-hydrogen) atoms. The number of rotatable bonds is 2. The molecule has 2 N–H and O–H groups in total. The second-order valence-corrected chi connectivity index (χ2v) is 4.41. The van der Waals surface area contributed by atoms with E-state index in [-0.39, 0.29) is 0 Å². The highest BCUT2D eigenvalue weighted by Gasteiger charge is 2.10. The number of pyridine rings is 1. The number of para-hydroxylation sites is 1. The van der Waals surface area contributed by atoms with Crippen molar-refractivity contribution in [3.8, 4) is 16.9 Å². The fourth-order valence-corrected chi connectivity index (χ4v) is 2.06. The van der Waals surface area contributed by atoms with E-state index in [4.69, 9.17) is 5.73 Å². The van der Waals surface area contributed by atoms with Crippen LogP contribution in [0.4, 0.5) is 5.69 Å². The van der Waals surface area contributed by atoms with Gasteiger partial charge < -0.3 is 5.73 Å². The van der Waals surface area contributed by atoms with E-state index in [2.05, 4.69) is 23.1 Å². The first-order chi connectivity index (χ1) is 9.25. The molecule has 0 amide bonds. The first kappa shape index (κ1) is 11.5. The maximum absolute atomic E-state index is 6.05. The molecule has 0 aliphatic heterocycles. The molecule has 4 heteroatoms. The number of hydrogen-bond donors (Lipinski definition) is 1. The van der Waals surface area contributed by atoms with Gasteiger partial charge in [0, 0.05) is 18.0 Å². The molecule has 4 nitrogen and oxygen atoms in total. The molecule has 0 bridgehead atoms. The lowest BCUT2D eigenvalue weighted by Crippen LogP contribution is -1.97. The zero-order valence-electron chi connectivity index (χ0n) is 10.6. The molecule has 2 aromatic heterocycles. The number of aryl methyl sites for hydroxylation is 1. The van der Waals surface area contributed by atoms with Gasteiger partial charge in [-0.2, -0.15) is 5.10 Å². The fraction of sp³-hybridized carbons (Fsp3) is 0.0667. The molecular weight excluding hydrogens is 236 g/mol. The average molecular weight is 250 g/mol. The second kappa shape index (κ2) is 4.57. The molecule has 2 heterocycles. The minimum atomic E-state index is 0.649. The Morgan fingerprint density at radius 2 is 1.95 bits per heavy atom. The predicted molar refractivity (Wildman–Crippen MR) is 75.9 cm³/mol. The van der Waals surface area contributed by atoms with Crippen molar-refractivity contribution in [3.05, 3.63) is 60.6 Å². The number of hydrogen-bond acceptors (Lipinski definition) is 3. The third-order valence-corrected chi connectivity index (χ3v) is 3.04. The standard InChI is InChI=1S/C15H14N4/c1-11-5-2-3-7-14(11)19-10-13(16)15(18-19)12-6-4-8-17-9-12/h2-10H,16H2,1H3. The molecule has 0 saturated carbocycles. The van der Waals surface area contributed by atoms with E-state index in [1.807, 2.05) is 41.2 Å². The lowest BCUT2D eigenvalue weighted by molar-refractivity contribution is 0.876. The van der Waals surface area contributed by atoms with Crippen LogP contribution in [0.2, 0.25) is 0 Å². The van der Waals surface area contributed by atoms with Crippen molar-refractivity contribution in [2.45, 2.75) is 6.92 Å². The van der Waals surface area contributed by atoms with Crippen LogP contribution in [0.15, 0.2) is 55.0 Å². The Balaban J connectivity index is 2.10. The van der Waals surface area contributed by atoms with E-state index < -0.39 is 0 Å². The van der Waals surface area contributed by atoms with Gasteiger partial charge in [-0.05, 0) is 30.7 Å². The number of nitrogen functional groups attached to an aromatic ring is 1. The Kier molecular flexibility index (Phi) is 2.76. The van der Waals surface area contributed by atoms with Crippen LogP contribution in [0.3, 0.4) is 0 Å². The van der Waals surface area contributed by atoms with Crippen LogP contribution in [0.5, 0.6) is 0 Å². The van der Waals surface area contributed by atoms with Crippen LogP contribution in [0, 0.1) is 6.92 Å². The quantitative estimate of drug-likeness (QED) is 0.760. The van der Waals surface area contributed by atoms with Crippen LogP contribution in [-0.4, -0.2) is 14.8 Å². The Morgan fingerprint density at radius 1 is 1.11 bits per heavy atom. The molecular formula is C15H14N4. The normalized spacial score (nSPS) is 10.6. The molecule has 94 valence electrons. The van der Waals surface area contributed by atoms with Crippen molar-refractivity contribution in [3.63, 3.8) is 0 Å². The maximum Gasteiger partial charge on any atom is 0.117 e. The molecule has 0 radical (unpaired) electrons. The van der Waals surface area contributed by atoms with Crippen LogP contribution in [0.25, 0.3) is 16.9 Å². The summed E-state index contributed by atoms with van der Waals surface area (Å²) in [6.45, 7) is 2.05. The molecule has 3 rings (SSSR count). The van der Waals surface area contributed by atoms with Gasteiger partial charge in [0.1, 0.15) is 5.69 Å². The van der Waals surface area contributed by atoms with Gasteiger partial charge >= 0.3 is 0 Å². The largest absolute Gasteiger partial charge is 0.396 e. The van der Waals surface area contributed by atoms with Crippen LogP contribution >= 0.6 is 0 Å². The summed E-state index contributed by atoms with van der Waals surface area (Å²) in [4.78, 5) is 4.10. The summed E-state index contributed by atoms with van der Waals surface area (Å²) in [7, 11) is 0. The van der Waals surface area contributed by atoms with Crippen molar-refractivity contribution in [2.75, 3.05) is 5.73 Å². The van der Waals surface area contributed by atoms with E-state index in [9.17, 15) is 0 Å². The van der Waals surface area contributed by atoms with Gasteiger partial charge in [-0.3, -0.25) is 4.98 Å². The van der Waals surface area contributed by atoms with Crippen molar-refractivity contribution in [1.82, 2.24) is 14.8 Å². The highest BCUT2D eigenvalue weighted by Crippen LogP contribution is 2.25. The highest BCUT2D eigenvalue weighted by molar-refractivity contribution is 5.71. The third-order valence-electron chi connectivity index (χ3n) is 3.04. The van der Waals surface area contributed by atoms with Crippen molar-refractivity contribution >= 4 is 5.69 Å². The molecule has 0 saturated heterocycles. The van der Waals surface area contributed by atoms with Gasteiger partial charge in [0.05, 0.1) is 17.6 Å². The molecule has 0 unspecified atom stereocenters. The van der Waals surface area contributed by atoms with E-state index in [0.29, 0.717) is 5.69 Å². The summed E-state index contributed by atoms with van der Waals surface area (Å²) in [5.74, 6) is 0. The monoisotopic (exact) mass is 250 g/mol. The van der Waals surface area contributed by atoms with Crippen molar-refractivity contribution in [2.24, 2.45) is 0 Å². The van der Waals surface area contributed by atoms with Crippen molar-refractivity contribution in [1.29, 1.82) is 0 Å². The Hall–Kier alpha value is -2.62. The summed E-state index contributed by atoms with van der Waals surface area (Å²) in [5, 5.41) is 4.56. The average Bonchev–Trinajstić information content (AvgIpc) is 2.82. The van der Waals surface area contributed by atoms with Gasteiger partial charge in [-0.1, -0.05) is 18.2 Å². The Bertz CT molecular complexity index is 701. The molecule has 0 aliphatic carbocycles. The number of benzene rings is 1. The number of aromatic nitrogens is 3. The summed E-state index contributed by atoms with van der Waals surface area (Å²) >= 11 is 0. The number of anilines is 1. The third kappa shape index (κ3) is 2.08. The first-order valence-corrected chi connectivity index (χ1v) is 6.07. The Labute approximate surface area is 111 Å². The smallest absolute Gasteiger partial charge is 0.117 e. The van der Waals surface area contributed by atoms with Gasteiger partial charge in [0.25, 0.3) is 0 Å². The van der Waals surface area contributed by atoms with E-state index in [1.165, 1.54) is 0 Å². The number of nitrogens with zero attached hydrogens (tertiary/aromatic N) is 3. The van der Waals surface area contributed by atoms with E-state index >= 15 is 0 Å². The zero-order chi connectivity index (χ0) is 13.2. The second-order valence-electron chi connectivity index (χ2n) is 4.41. The molecule has 0 atom stereocenters. The topological polar surface area (TPSA) is 56.7 Å². The van der Waals surface area contributed by atoms with Crippen LogP contribution in [-0.2, 0) is 0 Å². The number of nitrogens with two attached hydrogens (primary N) is 1. The van der Waals surface area contributed by atoms with Gasteiger partial charge in [-0.15, -0.1) is 0 Å². The van der Waals surface area contributed by atoms with Gasteiger partial charge in [0.15, 0.2) is 0 Å². The molecule has 0 fully saturated rings. The molecule has 0 aliphatic rings. The zero-order valence-corrected chi connectivity index (χ0v) is 10.6. The first-order valence-electron chi connectivity index (χ1n) is 6.07. The maximum atomic E-state index is 6.05. The molecule has 1 aromatic carbocycles. The fourth-order valence-electron chi connectivity index (χ4n) is 2.06. The highest BCUT2D eigenvalue weighted by atomic mass is 15.3. The predicted octanol–water partition coefficient (Wildman–Crippen LogP) is 2.82. The summed E-state index contributed by atoms with van der Waals surface area (Å²) in [6.07, 6.45) is 5.34. The molecule has 0 spiro atoms. The lowest BCUT2D eigenvalue weighted by atomic mass is 10.2. The van der Waals surface area contributed by atoms with Crippen LogP contribution < -0.4 is 5.73 Å². The minimum absolute atomic E-state index is 0.649. The van der Waals surface area contributed by atoms with Gasteiger partial charge in [0.2, 0.25) is 0 Å². The minimum Gasteiger partial charge on any atom is -0.396 e. The van der Waals surface area contributed by atoms with Crippen LogP contribution in [0.1, 0.15) is 5.56 Å².